The number of aromatic nitrogens is 1. The number of sulfonamides is 1. The summed E-state index contributed by atoms with van der Waals surface area (Å²) in [4.78, 5) is 8.46. The first-order chi connectivity index (χ1) is 12.1. The summed E-state index contributed by atoms with van der Waals surface area (Å²) in [5.74, 6) is 0.645. The van der Waals surface area contributed by atoms with Crippen molar-refractivity contribution in [1.82, 2.24) is 20.3 Å². The summed E-state index contributed by atoms with van der Waals surface area (Å²) in [7, 11) is -3.54. The lowest BCUT2D eigenvalue weighted by Gasteiger charge is -2.12. The van der Waals surface area contributed by atoms with Gasteiger partial charge < -0.3 is 10.6 Å². The van der Waals surface area contributed by atoms with Crippen molar-refractivity contribution in [1.29, 1.82) is 0 Å². The van der Waals surface area contributed by atoms with Gasteiger partial charge in [0.05, 0.1) is 6.54 Å². The minimum Gasteiger partial charge on any atom is -0.357 e. The molecule has 134 valence electrons. The van der Waals surface area contributed by atoms with Gasteiger partial charge in [-0.25, -0.2) is 18.1 Å². The molecule has 0 amide bonds. The highest BCUT2D eigenvalue weighted by molar-refractivity contribution is 7.89. The molecule has 0 unspecified atom stereocenters. The molecule has 2 aromatic rings. The van der Waals surface area contributed by atoms with Crippen molar-refractivity contribution in [2.24, 2.45) is 4.99 Å². The third kappa shape index (κ3) is 6.52. The van der Waals surface area contributed by atoms with Gasteiger partial charge in [0, 0.05) is 32.0 Å². The third-order valence-electron chi connectivity index (χ3n) is 3.26. The molecule has 1 aromatic carbocycles. The number of hydrogen-bond donors (Lipinski definition) is 3. The Balaban J connectivity index is 1.83. The lowest BCUT2D eigenvalue weighted by molar-refractivity contribution is 0.580. The number of rotatable bonds is 8. The van der Waals surface area contributed by atoms with Crippen molar-refractivity contribution < 1.29 is 8.42 Å². The number of guanidine groups is 1. The Morgan fingerprint density at radius 3 is 2.56 bits per heavy atom. The lowest BCUT2D eigenvalue weighted by atomic mass is 10.2. The Kier molecular flexibility index (Phi) is 7.36. The quantitative estimate of drug-likeness (QED) is 0.372. The maximum absolute atomic E-state index is 12.1. The highest BCUT2D eigenvalue weighted by atomic mass is 32.2. The number of benzene rings is 1. The molecular formula is C17H23N5O2S. The molecule has 0 atom stereocenters. The van der Waals surface area contributed by atoms with Crippen molar-refractivity contribution in [3.63, 3.8) is 0 Å². The first kappa shape index (κ1) is 18.9. The van der Waals surface area contributed by atoms with E-state index in [1.54, 1.807) is 6.07 Å². The van der Waals surface area contributed by atoms with E-state index in [0.717, 1.165) is 12.1 Å². The molecule has 25 heavy (non-hydrogen) atoms. The van der Waals surface area contributed by atoms with E-state index in [1.807, 2.05) is 37.3 Å². The third-order valence-corrected chi connectivity index (χ3v) is 4.71. The fourth-order valence-corrected chi connectivity index (χ4v) is 3.05. The van der Waals surface area contributed by atoms with Crippen LogP contribution >= 0.6 is 0 Å². The van der Waals surface area contributed by atoms with Gasteiger partial charge in [-0.05, 0) is 24.6 Å². The lowest BCUT2D eigenvalue weighted by Crippen LogP contribution is -2.41. The van der Waals surface area contributed by atoms with Crippen LogP contribution in [-0.2, 0) is 16.6 Å². The van der Waals surface area contributed by atoms with Gasteiger partial charge in [0.15, 0.2) is 5.96 Å². The SMILES string of the molecule is CCNC(=NCc1ccccc1)NCCNS(=O)(=O)c1cccnc1. The Morgan fingerprint density at radius 2 is 1.88 bits per heavy atom. The standard InChI is InChI=1S/C17H23N5O2S/c1-2-19-17(21-13-15-7-4-3-5-8-15)20-11-12-22-25(23,24)16-9-6-10-18-14-16/h3-10,14,22H,2,11-13H2,1H3,(H2,19,20,21). The monoisotopic (exact) mass is 361 g/mol. The van der Waals surface area contributed by atoms with E-state index < -0.39 is 10.0 Å². The molecule has 0 aliphatic rings. The first-order valence-electron chi connectivity index (χ1n) is 8.07. The van der Waals surface area contributed by atoms with Gasteiger partial charge in [0.1, 0.15) is 4.90 Å². The molecule has 3 N–H and O–H groups in total. The molecule has 0 saturated heterocycles. The Hall–Kier alpha value is -2.45. The van der Waals surface area contributed by atoms with Crippen molar-refractivity contribution >= 4 is 16.0 Å². The van der Waals surface area contributed by atoms with Crippen LogP contribution in [0.4, 0.5) is 0 Å². The highest BCUT2D eigenvalue weighted by Gasteiger charge is 2.12. The maximum atomic E-state index is 12.1. The second kappa shape index (κ2) is 9.75. The Morgan fingerprint density at radius 1 is 1.08 bits per heavy atom. The molecule has 1 heterocycles. The van der Waals surface area contributed by atoms with E-state index in [4.69, 9.17) is 0 Å². The first-order valence-corrected chi connectivity index (χ1v) is 9.56. The van der Waals surface area contributed by atoms with Gasteiger partial charge in [-0.2, -0.15) is 0 Å². The molecule has 0 aliphatic heterocycles. The predicted octanol–water partition coefficient (Wildman–Crippen LogP) is 1.12. The molecule has 0 radical (unpaired) electrons. The summed E-state index contributed by atoms with van der Waals surface area (Å²) in [5.41, 5.74) is 1.11. The smallest absolute Gasteiger partial charge is 0.242 e. The van der Waals surface area contributed by atoms with Crippen LogP contribution in [0.3, 0.4) is 0 Å². The molecule has 1 aromatic heterocycles. The van der Waals surface area contributed by atoms with Crippen molar-refractivity contribution in [3.05, 3.63) is 60.4 Å². The number of nitrogens with one attached hydrogen (secondary N) is 3. The molecule has 0 aliphatic carbocycles. The average Bonchev–Trinajstić information content (AvgIpc) is 2.64. The van der Waals surface area contributed by atoms with E-state index in [2.05, 4.69) is 25.3 Å². The van der Waals surface area contributed by atoms with Crippen LogP contribution in [0.2, 0.25) is 0 Å². The Bertz CT molecular complexity index is 764. The normalized spacial score (nSPS) is 12.0. The summed E-state index contributed by atoms with van der Waals surface area (Å²) >= 11 is 0. The molecule has 8 heteroatoms. The fourth-order valence-electron chi connectivity index (χ4n) is 2.05. The summed E-state index contributed by atoms with van der Waals surface area (Å²) < 4.78 is 26.7. The van der Waals surface area contributed by atoms with E-state index in [0.29, 0.717) is 19.0 Å². The summed E-state index contributed by atoms with van der Waals surface area (Å²) in [6.07, 6.45) is 2.85. The van der Waals surface area contributed by atoms with Gasteiger partial charge in [-0.15, -0.1) is 0 Å². The minimum atomic E-state index is -3.54. The summed E-state index contributed by atoms with van der Waals surface area (Å²) in [6.45, 7) is 3.91. The molecular weight excluding hydrogens is 338 g/mol. The molecule has 0 saturated carbocycles. The van der Waals surface area contributed by atoms with Crippen molar-refractivity contribution in [2.45, 2.75) is 18.4 Å². The van der Waals surface area contributed by atoms with Gasteiger partial charge in [0.2, 0.25) is 10.0 Å². The number of nitrogens with zero attached hydrogens (tertiary/aromatic N) is 2. The van der Waals surface area contributed by atoms with Crippen LogP contribution in [0.25, 0.3) is 0 Å². The molecule has 0 spiro atoms. The second-order valence-electron chi connectivity index (χ2n) is 5.19. The van der Waals surface area contributed by atoms with E-state index >= 15 is 0 Å². The van der Waals surface area contributed by atoms with Crippen LogP contribution in [0.5, 0.6) is 0 Å². The molecule has 0 bridgehead atoms. The van der Waals surface area contributed by atoms with Crippen LogP contribution in [0.15, 0.2) is 64.7 Å². The number of pyridine rings is 1. The zero-order valence-corrected chi connectivity index (χ0v) is 15.0. The summed E-state index contributed by atoms with van der Waals surface area (Å²) in [6, 6.07) is 13.0. The van der Waals surface area contributed by atoms with Gasteiger partial charge >= 0.3 is 0 Å². The summed E-state index contributed by atoms with van der Waals surface area (Å²) in [5, 5.41) is 6.25. The van der Waals surface area contributed by atoms with E-state index in [1.165, 1.54) is 18.5 Å². The number of aliphatic imine (C=N–C) groups is 1. The molecule has 2 rings (SSSR count). The van der Waals surface area contributed by atoms with Gasteiger partial charge in [-0.3, -0.25) is 4.98 Å². The largest absolute Gasteiger partial charge is 0.357 e. The zero-order chi connectivity index (χ0) is 18.0. The molecule has 7 nitrogen and oxygen atoms in total. The van der Waals surface area contributed by atoms with Crippen LogP contribution in [0.1, 0.15) is 12.5 Å². The average molecular weight is 361 g/mol. The van der Waals surface area contributed by atoms with Gasteiger partial charge in [-0.1, -0.05) is 30.3 Å². The van der Waals surface area contributed by atoms with Crippen LogP contribution in [-0.4, -0.2) is 39.0 Å². The zero-order valence-electron chi connectivity index (χ0n) is 14.1. The minimum absolute atomic E-state index is 0.152. The maximum Gasteiger partial charge on any atom is 0.242 e. The Labute approximate surface area is 148 Å². The predicted molar refractivity (Wildman–Crippen MR) is 98.7 cm³/mol. The van der Waals surface area contributed by atoms with Gasteiger partial charge in [0.25, 0.3) is 0 Å². The van der Waals surface area contributed by atoms with Crippen LogP contribution in [0, 0.1) is 0 Å². The van der Waals surface area contributed by atoms with Crippen LogP contribution < -0.4 is 15.4 Å². The topological polar surface area (TPSA) is 95.5 Å². The van der Waals surface area contributed by atoms with Crippen molar-refractivity contribution in [2.75, 3.05) is 19.6 Å². The van der Waals surface area contributed by atoms with E-state index in [-0.39, 0.29) is 11.4 Å². The fraction of sp³-hybridized carbons (Fsp3) is 0.294. The van der Waals surface area contributed by atoms with E-state index in [9.17, 15) is 8.42 Å². The molecule has 0 fully saturated rings. The highest BCUT2D eigenvalue weighted by Crippen LogP contribution is 2.04. The second-order valence-corrected chi connectivity index (χ2v) is 6.96. The van der Waals surface area contributed by atoms with Crippen molar-refractivity contribution in [3.8, 4) is 0 Å². The number of hydrogen-bond acceptors (Lipinski definition) is 4.